The van der Waals surface area contributed by atoms with Gasteiger partial charge in [0.25, 0.3) is 0 Å². The number of nitrogens with zero attached hydrogens (tertiary/aromatic N) is 3. The van der Waals surface area contributed by atoms with Crippen molar-refractivity contribution in [1.29, 1.82) is 0 Å². The summed E-state index contributed by atoms with van der Waals surface area (Å²) in [5, 5.41) is 4.45. The smallest absolute Gasteiger partial charge is 0.228 e. The highest BCUT2D eigenvalue weighted by molar-refractivity contribution is 5.80. The van der Waals surface area contributed by atoms with E-state index in [1.807, 2.05) is 52.3 Å². The minimum Gasteiger partial charge on any atom is -0.373 e. The zero-order valence-corrected chi connectivity index (χ0v) is 14.0. The number of ether oxygens (including phenoxy) is 1. The van der Waals surface area contributed by atoms with Crippen LogP contribution in [0.5, 0.6) is 0 Å². The van der Waals surface area contributed by atoms with Crippen LogP contribution in [0.2, 0.25) is 0 Å². The number of benzene rings is 1. The molecule has 0 radical (unpaired) electrons. The minimum absolute atomic E-state index is 0.0843. The first-order valence-corrected chi connectivity index (χ1v) is 8.76. The number of carbonyl (C=O) groups excluding carboxylic acids is 1. The van der Waals surface area contributed by atoms with Gasteiger partial charge >= 0.3 is 0 Å². The van der Waals surface area contributed by atoms with E-state index in [2.05, 4.69) is 12.0 Å². The largest absolute Gasteiger partial charge is 0.373 e. The van der Waals surface area contributed by atoms with Crippen molar-refractivity contribution >= 4 is 5.91 Å². The maximum Gasteiger partial charge on any atom is 0.228 e. The fraction of sp³-hybridized carbons (Fsp3) is 0.474. The minimum atomic E-state index is -0.178. The fourth-order valence-corrected chi connectivity index (χ4v) is 3.85. The van der Waals surface area contributed by atoms with E-state index < -0.39 is 0 Å². The second-order valence-corrected chi connectivity index (χ2v) is 6.76. The lowest BCUT2D eigenvalue weighted by Crippen LogP contribution is -2.39. The number of carbonyl (C=O) groups is 1. The van der Waals surface area contributed by atoms with Gasteiger partial charge in [0, 0.05) is 31.0 Å². The van der Waals surface area contributed by atoms with Crippen LogP contribution in [0.15, 0.2) is 42.7 Å². The van der Waals surface area contributed by atoms with Crippen LogP contribution in [0.1, 0.15) is 37.9 Å². The Morgan fingerprint density at radius 3 is 2.83 bits per heavy atom. The summed E-state index contributed by atoms with van der Waals surface area (Å²) in [7, 11) is 0. The van der Waals surface area contributed by atoms with Gasteiger partial charge in [-0.25, -0.2) is 4.68 Å². The number of likely N-dealkylation sites (tertiary alicyclic amines) is 1. The lowest BCUT2D eigenvalue weighted by Gasteiger charge is -2.26. The van der Waals surface area contributed by atoms with Crippen LogP contribution in [-0.2, 0) is 9.53 Å². The second-order valence-electron chi connectivity index (χ2n) is 6.76. The van der Waals surface area contributed by atoms with Gasteiger partial charge in [0.1, 0.15) is 0 Å². The predicted octanol–water partition coefficient (Wildman–Crippen LogP) is 2.96. The van der Waals surface area contributed by atoms with Crippen LogP contribution >= 0.6 is 0 Å². The van der Waals surface area contributed by atoms with Gasteiger partial charge in [-0.3, -0.25) is 4.79 Å². The Morgan fingerprint density at radius 2 is 2.08 bits per heavy atom. The van der Waals surface area contributed by atoms with Crippen molar-refractivity contribution in [3.05, 3.63) is 48.3 Å². The summed E-state index contributed by atoms with van der Waals surface area (Å²) in [5.41, 5.74) is 2.00. The maximum absolute atomic E-state index is 12.9. The maximum atomic E-state index is 12.9. The first kappa shape index (κ1) is 15.4. The number of amides is 1. The summed E-state index contributed by atoms with van der Waals surface area (Å²) in [6.45, 7) is 3.66. The van der Waals surface area contributed by atoms with Crippen molar-refractivity contribution in [3.8, 4) is 5.69 Å². The van der Waals surface area contributed by atoms with Gasteiger partial charge in [0.05, 0.1) is 23.9 Å². The molecule has 0 N–H and O–H groups in total. The molecule has 1 amide bonds. The van der Waals surface area contributed by atoms with Gasteiger partial charge < -0.3 is 9.64 Å². The molecule has 3 heterocycles. The third-order valence-corrected chi connectivity index (χ3v) is 5.20. The Bertz CT molecular complexity index is 712. The standard InChI is InChI=1S/C19H23N3O2/c1-14-6-5-10-21(14)19(23)17-9-11-24-18(17)15-12-20-22(13-15)16-7-3-2-4-8-16/h2-4,7-8,12-14,17-18H,5-6,9-11H2,1H3/t14?,17-,18+/m0/s1. The Labute approximate surface area is 142 Å². The molecule has 126 valence electrons. The van der Waals surface area contributed by atoms with E-state index >= 15 is 0 Å². The first-order chi connectivity index (χ1) is 11.7. The monoisotopic (exact) mass is 325 g/mol. The molecular weight excluding hydrogens is 302 g/mol. The van der Waals surface area contributed by atoms with Gasteiger partial charge in [0.15, 0.2) is 0 Å². The summed E-state index contributed by atoms with van der Waals surface area (Å²) in [6.07, 6.45) is 6.65. The Balaban J connectivity index is 1.55. The normalized spacial score (nSPS) is 26.9. The van der Waals surface area contributed by atoms with Crippen molar-refractivity contribution < 1.29 is 9.53 Å². The molecule has 1 aromatic heterocycles. The number of rotatable bonds is 3. The molecule has 2 aliphatic heterocycles. The second kappa shape index (κ2) is 6.40. The summed E-state index contributed by atoms with van der Waals surface area (Å²) >= 11 is 0. The molecule has 4 rings (SSSR count). The molecule has 2 saturated heterocycles. The van der Waals surface area contributed by atoms with Gasteiger partial charge in [-0.05, 0) is 38.3 Å². The van der Waals surface area contributed by atoms with E-state index in [0.29, 0.717) is 12.6 Å². The van der Waals surface area contributed by atoms with Crippen LogP contribution in [0.3, 0.4) is 0 Å². The lowest BCUT2D eigenvalue weighted by atomic mass is 9.95. The lowest BCUT2D eigenvalue weighted by molar-refractivity contribution is -0.138. The SMILES string of the molecule is CC1CCCN1C(=O)[C@H]1CCO[C@@H]1c1cnn(-c2ccccc2)c1. The van der Waals surface area contributed by atoms with E-state index in [0.717, 1.165) is 37.1 Å². The van der Waals surface area contributed by atoms with Crippen LogP contribution in [-0.4, -0.2) is 39.8 Å². The summed E-state index contributed by atoms with van der Waals surface area (Å²) in [4.78, 5) is 15.0. The molecule has 5 nitrogen and oxygen atoms in total. The molecule has 24 heavy (non-hydrogen) atoms. The molecule has 1 unspecified atom stereocenters. The van der Waals surface area contributed by atoms with E-state index in [1.54, 1.807) is 0 Å². The Kier molecular flexibility index (Phi) is 4.10. The van der Waals surface area contributed by atoms with E-state index in [4.69, 9.17) is 4.74 Å². The predicted molar refractivity (Wildman–Crippen MR) is 90.8 cm³/mol. The van der Waals surface area contributed by atoms with Crippen molar-refractivity contribution in [3.63, 3.8) is 0 Å². The topological polar surface area (TPSA) is 47.4 Å². The Hall–Kier alpha value is -2.14. The van der Waals surface area contributed by atoms with Crippen molar-refractivity contribution in [2.24, 2.45) is 5.92 Å². The fourth-order valence-electron chi connectivity index (χ4n) is 3.85. The molecule has 0 aliphatic carbocycles. The Morgan fingerprint density at radius 1 is 1.25 bits per heavy atom. The van der Waals surface area contributed by atoms with E-state index in [1.165, 1.54) is 0 Å². The third kappa shape index (κ3) is 2.73. The van der Waals surface area contributed by atoms with Crippen molar-refractivity contribution in [2.45, 2.75) is 38.3 Å². The van der Waals surface area contributed by atoms with Crippen LogP contribution in [0, 0.1) is 5.92 Å². The summed E-state index contributed by atoms with van der Waals surface area (Å²) < 4.78 is 7.76. The molecule has 2 fully saturated rings. The summed E-state index contributed by atoms with van der Waals surface area (Å²) in [6, 6.07) is 10.3. The highest BCUT2D eigenvalue weighted by Gasteiger charge is 2.40. The molecule has 0 saturated carbocycles. The average Bonchev–Trinajstić information content (AvgIpc) is 3.35. The quantitative estimate of drug-likeness (QED) is 0.872. The number of para-hydroxylation sites is 1. The van der Waals surface area contributed by atoms with Gasteiger partial charge in [-0.15, -0.1) is 0 Å². The molecule has 3 atom stereocenters. The van der Waals surface area contributed by atoms with Crippen LogP contribution in [0.25, 0.3) is 5.69 Å². The van der Waals surface area contributed by atoms with Crippen molar-refractivity contribution in [2.75, 3.05) is 13.2 Å². The van der Waals surface area contributed by atoms with Crippen LogP contribution < -0.4 is 0 Å². The molecule has 0 spiro atoms. The molecule has 1 aromatic carbocycles. The zero-order valence-electron chi connectivity index (χ0n) is 14.0. The van der Waals surface area contributed by atoms with Crippen molar-refractivity contribution in [1.82, 2.24) is 14.7 Å². The number of hydrogen-bond donors (Lipinski definition) is 0. The molecule has 2 aromatic rings. The third-order valence-electron chi connectivity index (χ3n) is 5.20. The number of aromatic nitrogens is 2. The molecule has 0 bridgehead atoms. The molecule has 5 heteroatoms. The van der Waals surface area contributed by atoms with E-state index in [9.17, 15) is 4.79 Å². The van der Waals surface area contributed by atoms with Gasteiger partial charge in [-0.1, -0.05) is 18.2 Å². The highest BCUT2D eigenvalue weighted by Crippen LogP contribution is 2.37. The molecular formula is C19H23N3O2. The molecule has 2 aliphatic rings. The highest BCUT2D eigenvalue weighted by atomic mass is 16.5. The number of hydrogen-bond acceptors (Lipinski definition) is 3. The van der Waals surface area contributed by atoms with Gasteiger partial charge in [0.2, 0.25) is 5.91 Å². The van der Waals surface area contributed by atoms with Crippen LogP contribution in [0.4, 0.5) is 0 Å². The summed E-state index contributed by atoms with van der Waals surface area (Å²) in [5.74, 6) is 0.161. The van der Waals surface area contributed by atoms with Gasteiger partial charge in [-0.2, -0.15) is 5.10 Å². The first-order valence-electron chi connectivity index (χ1n) is 8.76. The van der Waals surface area contributed by atoms with E-state index in [-0.39, 0.29) is 17.9 Å². The average molecular weight is 325 g/mol. The zero-order chi connectivity index (χ0) is 16.5.